The summed E-state index contributed by atoms with van der Waals surface area (Å²) in [5.41, 5.74) is 1.97. The van der Waals surface area contributed by atoms with Gasteiger partial charge >= 0.3 is 0 Å². The number of carbonyl (C=O) groups is 1. The van der Waals surface area contributed by atoms with Gasteiger partial charge < -0.3 is 10.1 Å². The summed E-state index contributed by atoms with van der Waals surface area (Å²) >= 11 is 1.17. The first-order valence-corrected chi connectivity index (χ1v) is 11.4. The Bertz CT molecular complexity index is 906. The van der Waals surface area contributed by atoms with Crippen LogP contribution in [0.15, 0.2) is 46.0 Å². The van der Waals surface area contributed by atoms with E-state index in [4.69, 9.17) is 4.74 Å². The summed E-state index contributed by atoms with van der Waals surface area (Å²) in [5.74, 6) is -0.264. The molecule has 2 atom stereocenters. The van der Waals surface area contributed by atoms with E-state index in [2.05, 4.69) is 5.32 Å². The second kappa shape index (κ2) is 7.71. The lowest BCUT2D eigenvalue weighted by atomic mass is 9.95. The Morgan fingerprint density at radius 1 is 1.22 bits per heavy atom. The van der Waals surface area contributed by atoms with Crippen molar-refractivity contribution < 1.29 is 17.9 Å². The fourth-order valence-corrected chi connectivity index (χ4v) is 6.32. The third kappa shape index (κ3) is 3.80. The van der Waals surface area contributed by atoms with Crippen molar-refractivity contribution in [1.29, 1.82) is 0 Å². The lowest BCUT2D eigenvalue weighted by Crippen LogP contribution is -2.53. The van der Waals surface area contributed by atoms with Gasteiger partial charge in [0.05, 0.1) is 6.10 Å². The number of nitrogens with one attached hydrogen (secondary N) is 1. The van der Waals surface area contributed by atoms with Crippen LogP contribution < -0.4 is 5.32 Å². The van der Waals surface area contributed by atoms with Gasteiger partial charge in [-0.05, 0) is 41.8 Å². The zero-order chi connectivity index (χ0) is 18.9. The maximum Gasteiger partial charge on any atom is 0.253 e. The van der Waals surface area contributed by atoms with Gasteiger partial charge in [-0.25, -0.2) is 8.42 Å². The summed E-state index contributed by atoms with van der Waals surface area (Å²) in [6.45, 7) is 1.34. The van der Waals surface area contributed by atoms with Gasteiger partial charge in [-0.3, -0.25) is 4.79 Å². The largest absolute Gasteiger partial charge is 0.376 e. The van der Waals surface area contributed by atoms with Crippen molar-refractivity contribution in [3.8, 4) is 0 Å². The molecule has 0 bridgehead atoms. The molecular weight excluding hydrogens is 384 g/mol. The van der Waals surface area contributed by atoms with Gasteiger partial charge in [-0.2, -0.15) is 4.31 Å². The van der Waals surface area contributed by atoms with Gasteiger partial charge in [-0.15, -0.1) is 11.3 Å². The van der Waals surface area contributed by atoms with Crippen molar-refractivity contribution in [2.75, 3.05) is 13.2 Å². The molecule has 2 unspecified atom stereocenters. The average molecular weight is 407 g/mol. The molecule has 1 fully saturated rings. The molecule has 1 aromatic heterocycles. The normalized spacial score (nSPS) is 23.1. The topological polar surface area (TPSA) is 75.7 Å². The van der Waals surface area contributed by atoms with E-state index < -0.39 is 16.1 Å². The molecule has 2 aromatic rings. The van der Waals surface area contributed by atoms with Crippen LogP contribution in [0.5, 0.6) is 0 Å². The quantitative estimate of drug-likeness (QED) is 0.826. The summed E-state index contributed by atoms with van der Waals surface area (Å²) in [6, 6.07) is 10.2. The molecule has 2 aliphatic rings. The number of benzene rings is 1. The minimum Gasteiger partial charge on any atom is -0.376 e. The number of rotatable bonds is 5. The summed E-state index contributed by atoms with van der Waals surface area (Å²) in [5, 5.41) is 4.64. The van der Waals surface area contributed by atoms with Gasteiger partial charge in [0.25, 0.3) is 10.0 Å². The molecule has 1 aromatic carbocycles. The minimum atomic E-state index is -3.73. The van der Waals surface area contributed by atoms with Crippen molar-refractivity contribution in [3.63, 3.8) is 0 Å². The van der Waals surface area contributed by atoms with Crippen LogP contribution in [-0.4, -0.2) is 43.9 Å². The molecule has 6 nitrogen and oxygen atoms in total. The van der Waals surface area contributed by atoms with Crippen molar-refractivity contribution >= 4 is 27.3 Å². The molecular formula is C19H22N2O4S2. The number of hydrogen-bond donors (Lipinski definition) is 1. The maximum absolute atomic E-state index is 13.2. The highest BCUT2D eigenvalue weighted by Gasteiger charge is 2.40. The Labute approximate surface area is 163 Å². The Balaban J connectivity index is 1.60. The van der Waals surface area contributed by atoms with Crippen LogP contribution in [0.1, 0.15) is 24.0 Å². The maximum atomic E-state index is 13.2. The summed E-state index contributed by atoms with van der Waals surface area (Å²) in [7, 11) is -3.73. The van der Waals surface area contributed by atoms with Gasteiger partial charge in [0.15, 0.2) is 0 Å². The molecule has 0 spiro atoms. The van der Waals surface area contributed by atoms with Crippen LogP contribution in [0.25, 0.3) is 0 Å². The highest BCUT2D eigenvalue weighted by Crippen LogP contribution is 2.31. The van der Waals surface area contributed by atoms with Crippen molar-refractivity contribution in [3.05, 3.63) is 52.9 Å². The second-order valence-corrected chi connectivity index (χ2v) is 9.92. The molecule has 0 aliphatic carbocycles. The summed E-state index contributed by atoms with van der Waals surface area (Å²) < 4.78 is 33.5. The molecule has 0 saturated carbocycles. The molecule has 144 valence electrons. The second-order valence-electron chi connectivity index (χ2n) is 6.85. The predicted molar refractivity (Wildman–Crippen MR) is 103 cm³/mol. The van der Waals surface area contributed by atoms with E-state index in [1.54, 1.807) is 17.5 Å². The monoisotopic (exact) mass is 406 g/mol. The molecule has 8 heteroatoms. The number of ether oxygens (including phenoxy) is 1. The van der Waals surface area contributed by atoms with E-state index in [9.17, 15) is 13.2 Å². The Morgan fingerprint density at radius 2 is 2.04 bits per heavy atom. The molecule has 1 saturated heterocycles. The molecule has 1 amide bonds. The van der Waals surface area contributed by atoms with Crippen LogP contribution in [-0.2, 0) is 32.5 Å². The third-order valence-electron chi connectivity index (χ3n) is 5.09. The average Bonchev–Trinajstić information content (AvgIpc) is 3.39. The predicted octanol–water partition coefficient (Wildman–Crippen LogP) is 2.16. The van der Waals surface area contributed by atoms with Gasteiger partial charge in [-0.1, -0.05) is 30.3 Å². The minimum absolute atomic E-state index is 0.0205. The van der Waals surface area contributed by atoms with Crippen LogP contribution in [0.3, 0.4) is 0 Å². The van der Waals surface area contributed by atoms with Crippen LogP contribution in [0.2, 0.25) is 0 Å². The lowest BCUT2D eigenvalue weighted by Gasteiger charge is -2.34. The van der Waals surface area contributed by atoms with E-state index in [0.29, 0.717) is 13.0 Å². The number of fused-ring (bicyclic) bond motifs is 1. The van der Waals surface area contributed by atoms with E-state index >= 15 is 0 Å². The number of sulfonamides is 1. The van der Waals surface area contributed by atoms with Crippen LogP contribution in [0.4, 0.5) is 0 Å². The zero-order valence-electron chi connectivity index (χ0n) is 14.8. The van der Waals surface area contributed by atoms with Crippen molar-refractivity contribution in [2.24, 2.45) is 0 Å². The standard InChI is InChI=1S/C19H22N2O4S2/c22-19(20-12-16-7-3-9-25-16)17-11-14-5-1-2-6-15(14)13-21(17)27(23,24)18-8-4-10-26-18/h1-2,4-6,8,10,16-17H,3,7,9,11-13H2,(H,20,22). The highest BCUT2D eigenvalue weighted by molar-refractivity contribution is 7.91. The molecule has 0 radical (unpaired) electrons. The Hall–Kier alpha value is -1.74. The Morgan fingerprint density at radius 3 is 2.74 bits per heavy atom. The van der Waals surface area contributed by atoms with Crippen molar-refractivity contribution in [1.82, 2.24) is 9.62 Å². The van der Waals surface area contributed by atoms with E-state index in [0.717, 1.165) is 30.6 Å². The van der Waals surface area contributed by atoms with E-state index in [1.807, 2.05) is 24.3 Å². The molecule has 2 aliphatic heterocycles. The zero-order valence-corrected chi connectivity index (χ0v) is 16.5. The summed E-state index contributed by atoms with van der Waals surface area (Å²) in [4.78, 5) is 12.9. The lowest BCUT2D eigenvalue weighted by molar-refractivity contribution is -0.125. The van der Waals surface area contributed by atoms with E-state index in [-0.39, 0.29) is 22.8 Å². The first-order chi connectivity index (χ1) is 13.1. The molecule has 27 heavy (non-hydrogen) atoms. The number of amides is 1. The molecule has 4 rings (SSSR count). The van der Waals surface area contributed by atoms with E-state index in [1.165, 1.54) is 15.6 Å². The smallest absolute Gasteiger partial charge is 0.253 e. The Kier molecular flexibility index (Phi) is 5.32. The fourth-order valence-electron chi connectivity index (χ4n) is 3.64. The number of hydrogen-bond acceptors (Lipinski definition) is 5. The van der Waals surface area contributed by atoms with Gasteiger partial charge in [0.1, 0.15) is 10.3 Å². The third-order valence-corrected chi connectivity index (χ3v) is 8.32. The fraction of sp³-hybridized carbons (Fsp3) is 0.421. The first-order valence-electron chi connectivity index (χ1n) is 9.07. The van der Waals surface area contributed by atoms with Crippen molar-refractivity contribution in [2.45, 2.75) is 42.2 Å². The van der Waals surface area contributed by atoms with Crippen LogP contribution in [0, 0.1) is 0 Å². The summed E-state index contributed by atoms with van der Waals surface area (Å²) in [6.07, 6.45) is 2.31. The first kappa shape index (κ1) is 18.6. The number of thiophene rings is 1. The number of carbonyl (C=O) groups excluding carboxylic acids is 1. The van der Waals surface area contributed by atoms with Gasteiger partial charge in [0, 0.05) is 19.7 Å². The molecule has 3 heterocycles. The molecule has 1 N–H and O–H groups in total. The highest BCUT2D eigenvalue weighted by atomic mass is 32.2. The van der Waals surface area contributed by atoms with Crippen LogP contribution >= 0.6 is 11.3 Å². The van der Waals surface area contributed by atoms with Gasteiger partial charge in [0.2, 0.25) is 5.91 Å². The SMILES string of the molecule is O=C(NCC1CCCO1)C1Cc2ccccc2CN1S(=O)(=O)c1cccs1. The number of nitrogens with zero attached hydrogens (tertiary/aromatic N) is 1.